The van der Waals surface area contributed by atoms with E-state index in [9.17, 15) is 13.2 Å². The van der Waals surface area contributed by atoms with E-state index in [2.05, 4.69) is 4.72 Å². The zero-order valence-electron chi connectivity index (χ0n) is 20.2. The number of benzene rings is 3. The van der Waals surface area contributed by atoms with Crippen LogP contribution in [0.2, 0.25) is 0 Å². The molecule has 6 nitrogen and oxygen atoms in total. The van der Waals surface area contributed by atoms with Crippen molar-refractivity contribution in [1.82, 2.24) is 4.72 Å². The summed E-state index contributed by atoms with van der Waals surface area (Å²) in [5.41, 5.74) is 5.99. The fraction of sp³-hybridized carbons (Fsp3) is 0.296. The van der Waals surface area contributed by atoms with E-state index in [-0.39, 0.29) is 18.5 Å². The summed E-state index contributed by atoms with van der Waals surface area (Å²) in [5.74, 6) is 0.609. The molecule has 0 saturated heterocycles. The Balaban J connectivity index is 1.57. The highest BCUT2D eigenvalue weighted by molar-refractivity contribution is 7.89. The maximum Gasteiger partial charge on any atom is 0.258 e. The number of fused-ring (bicyclic) bond motifs is 1. The quantitative estimate of drug-likeness (QED) is 0.558. The number of anilines is 1. The van der Waals surface area contributed by atoms with E-state index in [1.807, 2.05) is 45.0 Å². The number of nitrogens with one attached hydrogen (secondary N) is 1. The Bertz CT molecular complexity index is 1350. The summed E-state index contributed by atoms with van der Waals surface area (Å²) in [6, 6.07) is 16.5. The van der Waals surface area contributed by atoms with Crippen LogP contribution in [-0.4, -0.2) is 27.5 Å². The van der Waals surface area contributed by atoms with Crippen molar-refractivity contribution in [3.63, 3.8) is 0 Å². The van der Waals surface area contributed by atoms with Gasteiger partial charge in [-0.1, -0.05) is 18.2 Å². The van der Waals surface area contributed by atoms with Crippen molar-refractivity contribution < 1.29 is 17.9 Å². The Labute approximate surface area is 201 Å². The molecule has 0 saturated carbocycles. The Morgan fingerprint density at radius 1 is 1.00 bits per heavy atom. The van der Waals surface area contributed by atoms with Gasteiger partial charge in [-0.2, -0.15) is 0 Å². The molecular formula is C27H30N2O4S. The average Bonchev–Trinajstić information content (AvgIpc) is 3.14. The number of methoxy groups -OCH3 is 1. The zero-order chi connectivity index (χ0) is 24.6. The van der Waals surface area contributed by atoms with Gasteiger partial charge in [-0.3, -0.25) is 4.79 Å². The van der Waals surface area contributed by atoms with Crippen molar-refractivity contribution in [2.24, 2.45) is 0 Å². The van der Waals surface area contributed by atoms with Crippen molar-refractivity contribution in [3.05, 3.63) is 88.0 Å². The predicted molar refractivity (Wildman–Crippen MR) is 134 cm³/mol. The lowest BCUT2D eigenvalue weighted by Gasteiger charge is -2.23. The zero-order valence-corrected chi connectivity index (χ0v) is 21.0. The topological polar surface area (TPSA) is 75.7 Å². The van der Waals surface area contributed by atoms with E-state index in [1.165, 1.54) is 0 Å². The lowest BCUT2D eigenvalue weighted by molar-refractivity contribution is 0.0981. The maximum atomic E-state index is 13.3. The number of sulfonamides is 1. The highest BCUT2D eigenvalue weighted by Crippen LogP contribution is 2.34. The molecule has 1 atom stereocenters. The molecule has 0 spiro atoms. The van der Waals surface area contributed by atoms with Crippen molar-refractivity contribution in [3.8, 4) is 5.75 Å². The summed E-state index contributed by atoms with van der Waals surface area (Å²) in [4.78, 5) is 15.4. The Morgan fingerprint density at radius 3 is 2.35 bits per heavy atom. The van der Waals surface area contributed by atoms with Crippen LogP contribution in [0.1, 0.15) is 45.1 Å². The van der Waals surface area contributed by atoms with Crippen LogP contribution >= 0.6 is 0 Å². The summed E-state index contributed by atoms with van der Waals surface area (Å²) in [7, 11) is -2.09. The second kappa shape index (κ2) is 9.24. The summed E-state index contributed by atoms with van der Waals surface area (Å²) < 4.78 is 33.9. The van der Waals surface area contributed by atoms with Crippen LogP contribution in [0.4, 0.5) is 5.69 Å². The van der Waals surface area contributed by atoms with Gasteiger partial charge < -0.3 is 9.64 Å². The lowest BCUT2D eigenvalue weighted by Crippen LogP contribution is -2.35. The van der Waals surface area contributed by atoms with E-state index in [0.717, 1.165) is 39.9 Å². The third-order valence-electron chi connectivity index (χ3n) is 6.47. The van der Waals surface area contributed by atoms with E-state index >= 15 is 0 Å². The molecule has 0 aromatic heterocycles. The first-order valence-electron chi connectivity index (χ1n) is 11.3. The number of nitrogens with zero attached hydrogens (tertiary/aromatic N) is 1. The number of rotatable bonds is 6. The highest BCUT2D eigenvalue weighted by atomic mass is 32.2. The molecule has 178 valence electrons. The molecule has 1 amide bonds. The van der Waals surface area contributed by atoms with Gasteiger partial charge in [-0.15, -0.1) is 0 Å². The molecule has 1 heterocycles. The molecule has 0 radical (unpaired) electrons. The Morgan fingerprint density at radius 2 is 1.68 bits per heavy atom. The molecule has 7 heteroatoms. The number of hydrogen-bond acceptors (Lipinski definition) is 4. The van der Waals surface area contributed by atoms with Gasteiger partial charge in [0, 0.05) is 23.8 Å². The van der Waals surface area contributed by atoms with Crippen molar-refractivity contribution >= 4 is 21.6 Å². The second-order valence-corrected chi connectivity index (χ2v) is 10.7. The minimum absolute atomic E-state index is 0.00901. The van der Waals surface area contributed by atoms with Gasteiger partial charge in [0.05, 0.1) is 12.0 Å². The lowest BCUT2D eigenvalue weighted by atomic mass is 10.1. The van der Waals surface area contributed by atoms with E-state index in [1.54, 1.807) is 49.3 Å². The van der Waals surface area contributed by atoms with Gasteiger partial charge in [0.15, 0.2) is 0 Å². The van der Waals surface area contributed by atoms with Gasteiger partial charge in [0.25, 0.3) is 5.91 Å². The van der Waals surface area contributed by atoms with Crippen LogP contribution in [0, 0.1) is 20.8 Å². The molecule has 3 aromatic rings. The molecule has 1 N–H and O–H groups in total. The van der Waals surface area contributed by atoms with Gasteiger partial charge in [-0.05, 0) is 98.3 Å². The minimum atomic E-state index is -3.68. The molecule has 1 unspecified atom stereocenters. The standard InChI is InChI=1S/C27H30N2O4S/c1-17-12-19(3)26(13-18(17)2)34(31,32)28-16-21-6-7-23-14-20(4)29(25(23)15-21)27(30)22-8-10-24(33-5)11-9-22/h6-13,15,20,28H,14,16H2,1-5H3. The van der Waals surface area contributed by atoms with Crippen LogP contribution < -0.4 is 14.4 Å². The van der Waals surface area contributed by atoms with E-state index in [4.69, 9.17) is 4.74 Å². The van der Waals surface area contributed by atoms with Crippen LogP contribution in [-0.2, 0) is 23.0 Å². The number of aryl methyl sites for hydroxylation is 3. The van der Waals surface area contributed by atoms with Crippen molar-refractivity contribution in [2.45, 2.75) is 51.6 Å². The number of ether oxygens (including phenoxy) is 1. The number of amides is 1. The molecule has 4 rings (SSSR count). The van der Waals surface area contributed by atoms with Crippen LogP contribution in [0.5, 0.6) is 5.75 Å². The van der Waals surface area contributed by atoms with E-state index in [0.29, 0.717) is 16.2 Å². The van der Waals surface area contributed by atoms with Gasteiger partial charge >= 0.3 is 0 Å². The van der Waals surface area contributed by atoms with Crippen LogP contribution in [0.3, 0.4) is 0 Å². The summed E-state index contributed by atoms with van der Waals surface area (Å²) in [6.45, 7) is 7.84. The predicted octanol–water partition coefficient (Wildman–Crippen LogP) is 4.69. The maximum absolute atomic E-state index is 13.3. The smallest absolute Gasteiger partial charge is 0.258 e. The third kappa shape index (κ3) is 4.58. The number of hydrogen-bond donors (Lipinski definition) is 1. The fourth-order valence-electron chi connectivity index (χ4n) is 4.43. The largest absolute Gasteiger partial charge is 0.497 e. The number of carbonyl (C=O) groups is 1. The normalized spacial score (nSPS) is 15.3. The average molecular weight is 479 g/mol. The molecular weight excluding hydrogens is 448 g/mol. The summed E-state index contributed by atoms with van der Waals surface area (Å²) in [5, 5.41) is 0. The van der Waals surface area contributed by atoms with Gasteiger partial charge in [0.1, 0.15) is 5.75 Å². The molecule has 0 fully saturated rings. The Hall–Kier alpha value is -3.16. The second-order valence-electron chi connectivity index (χ2n) is 8.95. The third-order valence-corrected chi connectivity index (χ3v) is 8.01. The first-order chi connectivity index (χ1) is 16.1. The molecule has 3 aromatic carbocycles. The highest BCUT2D eigenvalue weighted by Gasteiger charge is 2.32. The van der Waals surface area contributed by atoms with Gasteiger partial charge in [0.2, 0.25) is 10.0 Å². The Kier molecular flexibility index (Phi) is 6.51. The summed E-state index contributed by atoms with van der Waals surface area (Å²) in [6.07, 6.45) is 0.755. The van der Waals surface area contributed by atoms with Crippen molar-refractivity contribution in [1.29, 1.82) is 0 Å². The number of carbonyl (C=O) groups excluding carboxylic acids is 1. The van der Waals surface area contributed by atoms with Crippen LogP contribution in [0.15, 0.2) is 59.5 Å². The SMILES string of the molecule is COc1ccc(C(=O)N2c3cc(CNS(=O)(=O)c4cc(C)c(C)cc4C)ccc3CC2C)cc1. The minimum Gasteiger partial charge on any atom is -0.497 e. The van der Waals surface area contributed by atoms with Crippen LogP contribution in [0.25, 0.3) is 0 Å². The van der Waals surface area contributed by atoms with Gasteiger partial charge in [-0.25, -0.2) is 13.1 Å². The molecule has 1 aliphatic heterocycles. The first-order valence-corrected chi connectivity index (χ1v) is 12.8. The monoisotopic (exact) mass is 478 g/mol. The van der Waals surface area contributed by atoms with E-state index < -0.39 is 10.0 Å². The molecule has 0 aliphatic carbocycles. The first kappa shape index (κ1) is 24.0. The molecule has 0 bridgehead atoms. The molecule has 1 aliphatic rings. The fourth-order valence-corrected chi connectivity index (χ4v) is 5.75. The molecule has 34 heavy (non-hydrogen) atoms. The summed E-state index contributed by atoms with van der Waals surface area (Å²) >= 11 is 0. The van der Waals surface area contributed by atoms with Crippen molar-refractivity contribution in [2.75, 3.05) is 12.0 Å².